The first-order valence-electron chi connectivity index (χ1n) is 22.1. The number of rotatable bonds is 5. The molecule has 61 heavy (non-hydrogen) atoms. The standard InChI is InChI=1S/C59H48ClN/c1-3-44-46(42-29-32-47-41(35-42)28-27-38-14-7-8-18-45(38)47)31-26-37(2)58(39-15-5-4-6-16-39)61-59(44)54-24-13-22-49-50(21-12-23-51(49)54)53-33-30-43-34-40-17-11-25-57(60)56(40)36-55(43)52-20-10-9-19-48(52)53/h4-25,27-29,32,34-36,44,46,53H,3,26,30-31,33H2,1-2H3/b58-37+,61-59+. The van der Waals surface area contributed by atoms with Crippen LogP contribution in [0.15, 0.2) is 186 Å². The van der Waals surface area contributed by atoms with Crippen LogP contribution in [0.25, 0.3) is 59.9 Å². The van der Waals surface area contributed by atoms with E-state index in [9.17, 15) is 0 Å². The topological polar surface area (TPSA) is 12.4 Å². The molecule has 296 valence electrons. The maximum absolute atomic E-state index is 6.80. The third kappa shape index (κ3) is 6.59. The van der Waals surface area contributed by atoms with Crippen LogP contribution in [-0.2, 0) is 6.42 Å². The molecule has 9 aromatic rings. The van der Waals surface area contributed by atoms with Crippen LogP contribution < -0.4 is 0 Å². The van der Waals surface area contributed by atoms with Gasteiger partial charge in [-0.25, -0.2) is 0 Å². The molecule has 3 unspecified atom stereocenters. The Morgan fingerprint density at radius 1 is 0.525 bits per heavy atom. The van der Waals surface area contributed by atoms with Gasteiger partial charge in [0.05, 0.1) is 11.4 Å². The predicted octanol–water partition coefficient (Wildman–Crippen LogP) is 16.5. The third-order valence-electron chi connectivity index (χ3n) is 14.0. The molecular weight excluding hydrogens is 758 g/mol. The Hall–Kier alpha value is -6.28. The summed E-state index contributed by atoms with van der Waals surface area (Å²) in [5.74, 6) is 0.750. The zero-order valence-corrected chi connectivity index (χ0v) is 35.6. The molecule has 0 bridgehead atoms. The lowest BCUT2D eigenvalue weighted by Gasteiger charge is -2.32. The molecule has 11 rings (SSSR count). The summed E-state index contributed by atoms with van der Waals surface area (Å²) in [6, 6.07) is 65.5. The molecule has 0 saturated heterocycles. The second-order valence-corrected chi connectivity index (χ2v) is 17.7. The SMILES string of the molecule is CCC1/C(c2cccc3c(C4CCc5cc6cccc(Cl)c6cc5-c5ccccc54)cccc23)=N\C(c2ccccc2)=C(/C)CCC1c1ccc2c(ccc3ccccc32)c1. The second kappa shape index (κ2) is 15.6. The molecule has 0 spiro atoms. The molecule has 0 aromatic heterocycles. The molecular formula is C59H48ClN. The summed E-state index contributed by atoms with van der Waals surface area (Å²) < 4.78 is 0. The minimum Gasteiger partial charge on any atom is -0.252 e. The van der Waals surface area contributed by atoms with Crippen molar-refractivity contribution in [2.45, 2.75) is 57.8 Å². The quantitative estimate of drug-likeness (QED) is 0.154. The molecule has 1 heterocycles. The van der Waals surface area contributed by atoms with Crippen LogP contribution in [0.2, 0.25) is 5.02 Å². The average Bonchev–Trinajstić information content (AvgIpc) is 3.46. The van der Waals surface area contributed by atoms with Crippen molar-refractivity contribution in [1.29, 1.82) is 0 Å². The minimum atomic E-state index is 0.216. The molecule has 0 radical (unpaired) electrons. The first kappa shape index (κ1) is 37.7. The van der Waals surface area contributed by atoms with Gasteiger partial charge in [-0.2, -0.15) is 0 Å². The van der Waals surface area contributed by atoms with Gasteiger partial charge >= 0.3 is 0 Å². The van der Waals surface area contributed by atoms with Gasteiger partial charge in [0.1, 0.15) is 0 Å². The summed E-state index contributed by atoms with van der Waals surface area (Å²) in [5, 5.41) is 10.9. The molecule has 2 aliphatic rings. The summed E-state index contributed by atoms with van der Waals surface area (Å²) in [7, 11) is 0. The Bertz CT molecular complexity index is 3230. The van der Waals surface area contributed by atoms with Gasteiger partial charge in [0.2, 0.25) is 0 Å². The van der Waals surface area contributed by atoms with E-state index in [1.807, 2.05) is 6.07 Å². The Balaban J connectivity index is 1.07. The van der Waals surface area contributed by atoms with Crippen molar-refractivity contribution in [3.05, 3.63) is 220 Å². The van der Waals surface area contributed by atoms with Crippen molar-refractivity contribution >= 4 is 66.1 Å². The van der Waals surface area contributed by atoms with E-state index in [0.29, 0.717) is 5.92 Å². The Morgan fingerprint density at radius 3 is 2.11 bits per heavy atom. The fraction of sp³-hybridized carbons (Fsp3) is 0.169. The first-order chi connectivity index (χ1) is 30.0. The van der Waals surface area contributed by atoms with E-state index in [4.69, 9.17) is 16.6 Å². The molecule has 9 aromatic carbocycles. The van der Waals surface area contributed by atoms with Crippen LogP contribution in [0.5, 0.6) is 0 Å². The van der Waals surface area contributed by atoms with Crippen LogP contribution in [-0.4, -0.2) is 5.71 Å². The summed E-state index contributed by atoms with van der Waals surface area (Å²) in [6.07, 6.45) is 5.07. The monoisotopic (exact) mass is 805 g/mol. The van der Waals surface area contributed by atoms with Crippen LogP contribution >= 0.6 is 11.6 Å². The van der Waals surface area contributed by atoms with Gasteiger partial charge < -0.3 is 0 Å². The largest absolute Gasteiger partial charge is 0.252 e. The van der Waals surface area contributed by atoms with Gasteiger partial charge in [0.15, 0.2) is 0 Å². The fourth-order valence-corrected chi connectivity index (χ4v) is 11.2. The van der Waals surface area contributed by atoms with Gasteiger partial charge in [0.25, 0.3) is 0 Å². The lowest BCUT2D eigenvalue weighted by atomic mass is 9.74. The smallest absolute Gasteiger partial charge is 0.0694 e. The lowest BCUT2D eigenvalue weighted by molar-refractivity contribution is 0.486. The zero-order chi connectivity index (χ0) is 41.0. The highest BCUT2D eigenvalue weighted by atomic mass is 35.5. The summed E-state index contributed by atoms with van der Waals surface area (Å²) in [5.41, 5.74) is 14.3. The molecule has 3 atom stereocenters. The third-order valence-corrected chi connectivity index (χ3v) is 14.3. The van der Waals surface area contributed by atoms with Crippen molar-refractivity contribution in [3.8, 4) is 11.1 Å². The zero-order valence-electron chi connectivity index (χ0n) is 34.8. The van der Waals surface area contributed by atoms with E-state index in [-0.39, 0.29) is 11.8 Å². The van der Waals surface area contributed by atoms with E-state index < -0.39 is 0 Å². The average molecular weight is 806 g/mol. The molecule has 1 aliphatic heterocycles. The van der Waals surface area contributed by atoms with Crippen molar-refractivity contribution < 1.29 is 0 Å². The Morgan fingerprint density at radius 2 is 1.21 bits per heavy atom. The Labute approximate surface area is 364 Å². The van der Waals surface area contributed by atoms with Gasteiger partial charge in [-0.15, -0.1) is 0 Å². The molecule has 0 fully saturated rings. The van der Waals surface area contributed by atoms with Crippen molar-refractivity contribution in [1.82, 2.24) is 0 Å². The van der Waals surface area contributed by atoms with E-state index >= 15 is 0 Å². The van der Waals surface area contributed by atoms with Crippen LogP contribution in [0.4, 0.5) is 0 Å². The summed E-state index contributed by atoms with van der Waals surface area (Å²) in [4.78, 5) is 5.88. The summed E-state index contributed by atoms with van der Waals surface area (Å²) >= 11 is 6.80. The van der Waals surface area contributed by atoms with E-state index in [1.54, 1.807) is 0 Å². The number of nitrogens with zero attached hydrogens (tertiary/aromatic N) is 1. The second-order valence-electron chi connectivity index (χ2n) is 17.3. The van der Waals surface area contributed by atoms with Gasteiger partial charge in [-0.1, -0.05) is 182 Å². The van der Waals surface area contributed by atoms with Crippen molar-refractivity contribution in [2.24, 2.45) is 10.9 Å². The lowest BCUT2D eigenvalue weighted by Crippen LogP contribution is -2.25. The number of aliphatic imine (C=N–C) groups is 1. The molecule has 0 amide bonds. The number of hydrogen-bond donors (Lipinski definition) is 0. The highest BCUT2D eigenvalue weighted by Crippen LogP contribution is 2.47. The van der Waals surface area contributed by atoms with Crippen LogP contribution in [0.3, 0.4) is 0 Å². The summed E-state index contributed by atoms with van der Waals surface area (Å²) in [6.45, 7) is 4.67. The molecule has 0 N–H and O–H groups in total. The number of halogens is 1. The van der Waals surface area contributed by atoms with Gasteiger partial charge in [0, 0.05) is 33.4 Å². The normalized spacial score (nSPS) is 20.1. The van der Waals surface area contributed by atoms with Crippen LogP contribution in [0, 0.1) is 5.92 Å². The van der Waals surface area contributed by atoms with Crippen LogP contribution in [0.1, 0.15) is 84.7 Å². The molecule has 1 nitrogen and oxygen atoms in total. The van der Waals surface area contributed by atoms with E-state index in [2.05, 4.69) is 184 Å². The van der Waals surface area contributed by atoms with Gasteiger partial charge in [-0.3, -0.25) is 4.99 Å². The number of allylic oxidation sites excluding steroid dienone is 1. The maximum Gasteiger partial charge on any atom is 0.0694 e. The Kier molecular flexibility index (Phi) is 9.66. The predicted molar refractivity (Wildman–Crippen MR) is 261 cm³/mol. The van der Waals surface area contributed by atoms with Crippen molar-refractivity contribution in [3.63, 3.8) is 0 Å². The minimum absolute atomic E-state index is 0.216. The molecule has 0 saturated carbocycles. The van der Waals surface area contributed by atoms with Gasteiger partial charge in [-0.05, 0) is 134 Å². The first-order valence-corrected chi connectivity index (χ1v) is 22.5. The number of hydrogen-bond acceptors (Lipinski definition) is 1. The number of aryl methyl sites for hydroxylation is 1. The molecule has 2 heteroatoms. The fourth-order valence-electron chi connectivity index (χ4n) is 11.0. The highest BCUT2D eigenvalue weighted by Gasteiger charge is 2.32. The highest BCUT2D eigenvalue weighted by molar-refractivity contribution is 6.35. The maximum atomic E-state index is 6.80. The number of fused-ring (bicyclic) bond motifs is 8. The van der Waals surface area contributed by atoms with E-state index in [1.165, 1.54) is 93.5 Å². The number of benzene rings is 9. The van der Waals surface area contributed by atoms with E-state index in [0.717, 1.165) is 48.2 Å². The molecule has 1 aliphatic carbocycles. The van der Waals surface area contributed by atoms with Crippen molar-refractivity contribution in [2.75, 3.05) is 0 Å².